The number of carbonyl (C=O) groups excluding carboxylic acids is 1. The van der Waals surface area contributed by atoms with E-state index in [-0.39, 0.29) is 17.5 Å². The molecule has 0 saturated heterocycles. The topological polar surface area (TPSA) is 61.9 Å². The normalized spacial score (nSPS) is 10.9. The Hall–Kier alpha value is -3.16. The molecule has 0 aliphatic heterocycles. The maximum atomic E-state index is 14.2. The zero-order chi connectivity index (χ0) is 24.1. The molecule has 0 aliphatic rings. The van der Waals surface area contributed by atoms with Gasteiger partial charge < -0.3 is 9.88 Å². The molecular formula is C26H24ClFN4OS. The van der Waals surface area contributed by atoms with Gasteiger partial charge in [-0.1, -0.05) is 60.6 Å². The fraction of sp³-hybridized carbons (Fsp3) is 0.192. The molecule has 0 spiro atoms. The van der Waals surface area contributed by atoms with Gasteiger partial charge in [-0.2, -0.15) is 0 Å². The number of amides is 1. The minimum absolute atomic E-state index is 0.186. The van der Waals surface area contributed by atoms with Gasteiger partial charge in [-0.25, -0.2) is 9.37 Å². The van der Waals surface area contributed by atoms with E-state index in [1.54, 1.807) is 36.5 Å². The van der Waals surface area contributed by atoms with Crippen molar-refractivity contribution in [2.75, 3.05) is 7.05 Å². The summed E-state index contributed by atoms with van der Waals surface area (Å²) >= 11 is 7.48. The van der Waals surface area contributed by atoms with Crippen LogP contribution < -0.4 is 0 Å². The molecule has 1 amide bonds. The Bertz CT molecular complexity index is 1260. The largest absolute Gasteiger partial charge is 0.336 e. The van der Waals surface area contributed by atoms with Crippen molar-refractivity contribution in [1.29, 1.82) is 0 Å². The van der Waals surface area contributed by atoms with Gasteiger partial charge in [-0.05, 0) is 41.8 Å². The Morgan fingerprint density at radius 3 is 2.50 bits per heavy atom. The number of rotatable bonds is 8. The first-order valence-corrected chi connectivity index (χ1v) is 12.2. The van der Waals surface area contributed by atoms with E-state index >= 15 is 0 Å². The standard InChI is InChI=1S/C26H24ClFN4OS/c1-3-17-7-9-19(10-8-17)23-24(25(33)32(2)15-18-11-13-29-14-12-18)31-26(30-23)34-16-20-21(27)5-4-6-22(20)28/h4-14H,3,15-16H2,1-2H3,(H,30,31). The van der Waals surface area contributed by atoms with Gasteiger partial charge in [0.2, 0.25) is 0 Å². The van der Waals surface area contributed by atoms with Gasteiger partial charge in [-0.3, -0.25) is 9.78 Å². The predicted molar refractivity (Wildman–Crippen MR) is 134 cm³/mol. The minimum atomic E-state index is -0.365. The van der Waals surface area contributed by atoms with Crippen LogP contribution in [0.2, 0.25) is 5.02 Å². The van der Waals surface area contributed by atoms with E-state index < -0.39 is 0 Å². The van der Waals surface area contributed by atoms with Crippen LogP contribution in [-0.4, -0.2) is 32.8 Å². The van der Waals surface area contributed by atoms with Crippen LogP contribution in [0.1, 0.15) is 34.1 Å². The van der Waals surface area contributed by atoms with Crippen molar-refractivity contribution < 1.29 is 9.18 Å². The Morgan fingerprint density at radius 2 is 1.82 bits per heavy atom. The lowest BCUT2D eigenvalue weighted by Gasteiger charge is -2.17. The summed E-state index contributed by atoms with van der Waals surface area (Å²) in [7, 11) is 1.75. The average Bonchev–Trinajstić information content (AvgIpc) is 3.28. The smallest absolute Gasteiger partial charge is 0.272 e. The molecule has 5 nitrogen and oxygen atoms in total. The first kappa shape index (κ1) is 24.0. The number of benzene rings is 2. The summed E-state index contributed by atoms with van der Waals surface area (Å²) < 4.78 is 14.2. The van der Waals surface area contributed by atoms with Crippen LogP contribution in [0, 0.1) is 5.82 Å². The first-order chi connectivity index (χ1) is 16.5. The molecule has 34 heavy (non-hydrogen) atoms. The fourth-order valence-electron chi connectivity index (χ4n) is 3.52. The van der Waals surface area contributed by atoms with Crippen molar-refractivity contribution >= 4 is 29.3 Å². The summed E-state index contributed by atoms with van der Waals surface area (Å²) in [6, 6.07) is 16.4. The maximum Gasteiger partial charge on any atom is 0.272 e. The highest BCUT2D eigenvalue weighted by Gasteiger charge is 2.22. The molecule has 0 bridgehead atoms. The molecule has 2 heterocycles. The summed E-state index contributed by atoms with van der Waals surface area (Å²) in [4.78, 5) is 26.9. The number of halogens is 2. The molecule has 0 fully saturated rings. The molecule has 0 unspecified atom stereocenters. The second-order valence-corrected chi connectivity index (χ2v) is 9.19. The van der Waals surface area contributed by atoms with E-state index in [1.807, 2.05) is 36.4 Å². The van der Waals surface area contributed by atoms with E-state index in [0.717, 1.165) is 17.5 Å². The zero-order valence-corrected chi connectivity index (χ0v) is 20.5. The third-order valence-electron chi connectivity index (χ3n) is 5.46. The van der Waals surface area contributed by atoms with Gasteiger partial charge in [0.1, 0.15) is 17.2 Å². The van der Waals surface area contributed by atoms with Crippen LogP contribution in [0.15, 0.2) is 72.1 Å². The van der Waals surface area contributed by atoms with Gasteiger partial charge in [0.15, 0.2) is 5.16 Å². The molecule has 4 rings (SSSR count). The predicted octanol–water partition coefficient (Wildman–Crippen LogP) is 6.39. The Balaban J connectivity index is 1.64. The highest BCUT2D eigenvalue weighted by Crippen LogP contribution is 2.31. The second-order valence-electron chi connectivity index (χ2n) is 7.82. The van der Waals surface area contributed by atoms with Gasteiger partial charge in [-0.15, -0.1) is 0 Å². The lowest BCUT2D eigenvalue weighted by molar-refractivity contribution is 0.0780. The van der Waals surface area contributed by atoms with Crippen LogP contribution in [-0.2, 0) is 18.7 Å². The number of imidazole rings is 1. The summed E-state index contributed by atoms with van der Waals surface area (Å²) in [5.41, 5.74) is 4.38. The van der Waals surface area contributed by atoms with Gasteiger partial charge in [0, 0.05) is 47.9 Å². The lowest BCUT2D eigenvalue weighted by Crippen LogP contribution is -2.27. The van der Waals surface area contributed by atoms with E-state index in [0.29, 0.717) is 33.7 Å². The monoisotopic (exact) mass is 494 g/mol. The van der Waals surface area contributed by atoms with Crippen LogP contribution in [0.25, 0.3) is 11.3 Å². The molecular weight excluding hydrogens is 471 g/mol. The number of nitrogens with zero attached hydrogens (tertiary/aromatic N) is 3. The number of pyridine rings is 1. The van der Waals surface area contributed by atoms with Crippen molar-refractivity contribution in [3.8, 4) is 11.3 Å². The van der Waals surface area contributed by atoms with E-state index in [9.17, 15) is 9.18 Å². The summed E-state index contributed by atoms with van der Waals surface area (Å²) in [6.07, 6.45) is 4.33. The van der Waals surface area contributed by atoms with E-state index in [4.69, 9.17) is 16.6 Å². The summed E-state index contributed by atoms with van der Waals surface area (Å²) in [5, 5.41) is 0.886. The fourth-order valence-corrected chi connectivity index (χ4v) is 4.73. The third kappa shape index (κ3) is 5.48. The van der Waals surface area contributed by atoms with Crippen molar-refractivity contribution in [1.82, 2.24) is 19.9 Å². The van der Waals surface area contributed by atoms with Crippen LogP contribution >= 0.6 is 23.4 Å². The van der Waals surface area contributed by atoms with Crippen LogP contribution in [0.4, 0.5) is 4.39 Å². The average molecular weight is 495 g/mol. The molecule has 0 radical (unpaired) electrons. The van der Waals surface area contributed by atoms with Gasteiger partial charge >= 0.3 is 0 Å². The van der Waals surface area contributed by atoms with E-state index in [2.05, 4.69) is 16.9 Å². The molecule has 8 heteroatoms. The Labute approximate surface area is 207 Å². The summed E-state index contributed by atoms with van der Waals surface area (Å²) in [6.45, 7) is 2.52. The number of hydrogen-bond donors (Lipinski definition) is 1. The molecule has 0 saturated carbocycles. The second kappa shape index (κ2) is 10.8. The van der Waals surface area contributed by atoms with Crippen molar-refractivity contribution in [3.05, 3.63) is 100 Å². The molecule has 2 aromatic heterocycles. The lowest BCUT2D eigenvalue weighted by atomic mass is 10.1. The quantitative estimate of drug-likeness (QED) is 0.288. The van der Waals surface area contributed by atoms with Crippen molar-refractivity contribution in [3.63, 3.8) is 0 Å². The molecule has 0 aliphatic carbocycles. The number of aryl methyl sites for hydroxylation is 1. The SMILES string of the molecule is CCc1ccc(-c2nc(SCc3c(F)cccc3Cl)[nH]c2C(=O)N(C)Cc2ccncc2)cc1. The van der Waals surface area contributed by atoms with Crippen molar-refractivity contribution in [2.24, 2.45) is 0 Å². The first-order valence-electron chi connectivity index (χ1n) is 10.9. The number of hydrogen-bond acceptors (Lipinski definition) is 4. The molecule has 2 aromatic carbocycles. The molecule has 4 aromatic rings. The molecule has 1 N–H and O–H groups in total. The number of thioether (sulfide) groups is 1. The third-order valence-corrected chi connectivity index (χ3v) is 6.72. The number of nitrogens with one attached hydrogen (secondary N) is 1. The van der Waals surface area contributed by atoms with Crippen molar-refractivity contribution in [2.45, 2.75) is 30.8 Å². The van der Waals surface area contributed by atoms with Crippen LogP contribution in [0.5, 0.6) is 0 Å². The molecule has 0 atom stereocenters. The summed E-state index contributed by atoms with van der Waals surface area (Å²) in [5.74, 6) is -0.266. The van der Waals surface area contributed by atoms with Gasteiger partial charge in [0.25, 0.3) is 5.91 Å². The zero-order valence-electron chi connectivity index (χ0n) is 18.9. The number of aromatic nitrogens is 3. The highest BCUT2D eigenvalue weighted by molar-refractivity contribution is 7.98. The van der Waals surface area contributed by atoms with Crippen LogP contribution in [0.3, 0.4) is 0 Å². The maximum absolute atomic E-state index is 14.2. The highest BCUT2D eigenvalue weighted by atomic mass is 35.5. The number of H-pyrrole nitrogens is 1. The number of carbonyl (C=O) groups is 1. The number of aromatic amines is 1. The Morgan fingerprint density at radius 1 is 1.09 bits per heavy atom. The minimum Gasteiger partial charge on any atom is -0.336 e. The van der Waals surface area contributed by atoms with Gasteiger partial charge in [0.05, 0.1) is 0 Å². The molecule has 174 valence electrons. The Kier molecular flexibility index (Phi) is 7.65. The van der Waals surface area contributed by atoms with E-state index in [1.165, 1.54) is 23.4 Å².